The summed E-state index contributed by atoms with van der Waals surface area (Å²) < 4.78 is 5.13. The van der Waals surface area contributed by atoms with Crippen LogP contribution in [0.4, 0.5) is 5.69 Å². The first-order valence-electron chi connectivity index (χ1n) is 9.87. The zero-order valence-electron chi connectivity index (χ0n) is 16.8. The molecular weight excluding hydrogens is 394 g/mol. The van der Waals surface area contributed by atoms with E-state index in [4.69, 9.17) is 4.74 Å². The zero-order valence-corrected chi connectivity index (χ0v) is 16.8. The Morgan fingerprint density at radius 2 is 1.45 bits per heavy atom. The van der Waals surface area contributed by atoms with E-state index in [0.29, 0.717) is 11.3 Å². The van der Waals surface area contributed by atoms with Crippen LogP contribution in [0.5, 0.6) is 0 Å². The number of amides is 1. The van der Waals surface area contributed by atoms with Crippen LogP contribution >= 0.6 is 0 Å². The molecule has 0 bridgehead atoms. The van der Waals surface area contributed by atoms with Crippen molar-refractivity contribution in [2.24, 2.45) is 0 Å². The molecule has 0 heterocycles. The summed E-state index contributed by atoms with van der Waals surface area (Å²) >= 11 is 0. The molecule has 0 radical (unpaired) electrons. The van der Waals surface area contributed by atoms with Crippen LogP contribution in [0.1, 0.15) is 54.7 Å². The molecule has 3 aromatic carbocycles. The molecule has 1 amide bonds. The Labute approximate surface area is 178 Å². The fourth-order valence-corrected chi connectivity index (χ4v) is 3.54. The van der Waals surface area contributed by atoms with E-state index in [9.17, 15) is 19.2 Å². The van der Waals surface area contributed by atoms with Gasteiger partial charge in [0.25, 0.3) is 5.91 Å². The number of hydrogen-bond donors (Lipinski definition) is 1. The molecule has 31 heavy (non-hydrogen) atoms. The number of anilines is 1. The standard InChI is InChI=1S/C25H19NO5/c1-2-15-10-12-16(13-11-15)26-21(27)14-31-25(30)20-9-5-8-19-22(20)24(29)18-7-4-3-6-17(18)23(19)28/h3-13H,2,14H2,1H3,(H,26,27). The molecule has 0 aliphatic heterocycles. The lowest BCUT2D eigenvalue weighted by atomic mass is 9.82. The van der Waals surface area contributed by atoms with Crippen LogP contribution in [0.25, 0.3) is 0 Å². The number of ketones is 2. The van der Waals surface area contributed by atoms with E-state index < -0.39 is 24.3 Å². The van der Waals surface area contributed by atoms with Gasteiger partial charge in [0.15, 0.2) is 18.2 Å². The minimum atomic E-state index is -0.839. The number of hydrogen-bond acceptors (Lipinski definition) is 5. The highest BCUT2D eigenvalue weighted by Gasteiger charge is 2.33. The summed E-state index contributed by atoms with van der Waals surface area (Å²) in [6.07, 6.45) is 0.888. The Balaban J connectivity index is 1.50. The molecule has 0 unspecified atom stereocenters. The molecule has 6 heteroatoms. The van der Waals surface area contributed by atoms with Crippen molar-refractivity contribution in [3.8, 4) is 0 Å². The Morgan fingerprint density at radius 3 is 2.13 bits per heavy atom. The SMILES string of the molecule is CCc1ccc(NC(=O)COC(=O)c2cccc3c2C(=O)c2ccccc2C3=O)cc1. The van der Waals surface area contributed by atoms with Crippen molar-refractivity contribution in [2.75, 3.05) is 11.9 Å². The van der Waals surface area contributed by atoms with E-state index in [1.165, 1.54) is 18.2 Å². The average molecular weight is 413 g/mol. The Kier molecular flexibility index (Phi) is 5.45. The monoisotopic (exact) mass is 413 g/mol. The maximum atomic E-state index is 13.0. The van der Waals surface area contributed by atoms with Gasteiger partial charge in [-0.15, -0.1) is 0 Å². The molecule has 154 valence electrons. The lowest BCUT2D eigenvalue weighted by Crippen LogP contribution is -2.26. The van der Waals surface area contributed by atoms with Crippen molar-refractivity contribution in [1.29, 1.82) is 0 Å². The number of ether oxygens (including phenoxy) is 1. The predicted molar refractivity (Wildman–Crippen MR) is 114 cm³/mol. The van der Waals surface area contributed by atoms with Gasteiger partial charge >= 0.3 is 5.97 Å². The molecular formula is C25H19NO5. The van der Waals surface area contributed by atoms with Gasteiger partial charge in [0.2, 0.25) is 0 Å². The van der Waals surface area contributed by atoms with E-state index in [2.05, 4.69) is 5.32 Å². The molecule has 6 nitrogen and oxygen atoms in total. The van der Waals surface area contributed by atoms with Gasteiger partial charge in [-0.25, -0.2) is 4.79 Å². The highest BCUT2D eigenvalue weighted by atomic mass is 16.5. The predicted octanol–water partition coefficient (Wildman–Crippen LogP) is 3.82. The first-order chi connectivity index (χ1) is 15.0. The first kappa shape index (κ1) is 20.2. The molecule has 0 atom stereocenters. The number of carbonyl (C=O) groups excluding carboxylic acids is 4. The average Bonchev–Trinajstić information content (AvgIpc) is 2.81. The van der Waals surface area contributed by atoms with Gasteiger partial charge in [-0.1, -0.05) is 55.5 Å². The summed E-state index contributed by atoms with van der Waals surface area (Å²) in [5.41, 5.74) is 2.40. The highest BCUT2D eigenvalue weighted by molar-refractivity contribution is 6.30. The second-order valence-electron chi connectivity index (χ2n) is 7.11. The molecule has 0 saturated heterocycles. The number of rotatable bonds is 5. The summed E-state index contributed by atoms with van der Waals surface area (Å²) in [6, 6.07) is 18.3. The van der Waals surface area contributed by atoms with Crippen molar-refractivity contribution in [3.63, 3.8) is 0 Å². The summed E-state index contributed by atoms with van der Waals surface area (Å²) in [6.45, 7) is 1.52. The smallest absolute Gasteiger partial charge is 0.339 e. The van der Waals surface area contributed by atoms with Crippen LogP contribution in [0.3, 0.4) is 0 Å². The Morgan fingerprint density at radius 1 is 0.806 bits per heavy atom. The summed E-state index contributed by atoms with van der Waals surface area (Å²) in [5, 5.41) is 2.65. The van der Waals surface area contributed by atoms with Crippen LogP contribution in [-0.2, 0) is 16.0 Å². The summed E-state index contributed by atoms with van der Waals surface area (Å²) in [4.78, 5) is 50.6. The van der Waals surface area contributed by atoms with Gasteiger partial charge in [0.05, 0.1) is 5.56 Å². The number of benzene rings is 3. The second kappa shape index (κ2) is 8.36. The molecule has 3 aromatic rings. The normalized spacial score (nSPS) is 12.0. The molecule has 1 N–H and O–H groups in total. The van der Waals surface area contributed by atoms with E-state index >= 15 is 0 Å². The number of carbonyl (C=O) groups is 4. The van der Waals surface area contributed by atoms with Gasteiger partial charge < -0.3 is 10.1 Å². The van der Waals surface area contributed by atoms with Crippen molar-refractivity contribution in [3.05, 3.63) is 100 Å². The van der Waals surface area contributed by atoms with Gasteiger partial charge in [0.1, 0.15) is 0 Å². The lowest BCUT2D eigenvalue weighted by molar-refractivity contribution is -0.119. The molecule has 0 spiro atoms. The molecule has 0 saturated carbocycles. The second-order valence-corrected chi connectivity index (χ2v) is 7.11. The largest absolute Gasteiger partial charge is 0.452 e. The molecule has 0 fully saturated rings. The topological polar surface area (TPSA) is 89.5 Å². The molecule has 4 rings (SSSR count). The van der Waals surface area contributed by atoms with Crippen LogP contribution in [-0.4, -0.2) is 30.0 Å². The molecule has 0 aromatic heterocycles. The number of nitrogens with one attached hydrogen (secondary N) is 1. The molecule has 1 aliphatic carbocycles. The Hall–Kier alpha value is -4.06. The fraction of sp³-hybridized carbons (Fsp3) is 0.120. The van der Waals surface area contributed by atoms with E-state index in [0.717, 1.165) is 12.0 Å². The maximum absolute atomic E-state index is 13.0. The van der Waals surface area contributed by atoms with Crippen molar-refractivity contribution in [1.82, 2.24) is 0 Å². The Bertz CT molecular complexity index is 1210. The maximum Gasteiger partial charge on any atom is 0.339 e. The van der Waals surface area contributed by atoms with E-state index in [1.54, 1.807) is 36.4 Å². The third-order valence-electron chi connectivity index (χ3n) is 5.15. The van der Waals surface area contributed by atoms with Gasteiger partial charge in [0, 0.05) is 27.9 Å². The van der Waals surface area contributed by atoms with Crippen LogP contribution < -0.4 is 5.32 Å². The van der Waals surface area contributed by atoms with Crippen LogP contribution in [0.2, 0.25) is 0 Å². The highest BCUT2D eigenvalue weighted by Crippen LogP contribution is 2.29. The van der Waals surface area contributed by atoms with Gasteiger partial charge in [-0.2, -0.15) is 0 Å². The quantitative estimate of drug-likeness (QED) is 0.503. The number of fused-ring (bicyclic) bond motifs is 2. The van der Waals surface area contributed by atoms with Crippen molar-refractivity contribution in [2.45, 2.75) is 13.3 Å². The summed E-state index contributed by atoms with van der Waals surface area (Å²) in [7, 11) is 0. The number of esters is 1. The zero-order chi connectivity index (χ0) is 22.0. The first-order valence-corrected chi connectivity index (χ1v) is 9.87. The third kappa shape index (κ3) is 3.88. The van der Waals surface area contributed by atoms with Crippen molar-refractivity contribution >= 4 is 29.1 Å². The minimum Gasteiger partial charge on any atom is -0.452 e. The van der Waals surface area contributed by atoms with E-state index in [-0.39, 0.29) is 28.0 Å². The van der Waals surface area contributed by atoms with Crippen LogP contribution in [0.15, 0.2) is 66.7 Å². The fourth-order valence-electron chi connectivity index (χ4n) is 3.54. The van der Waals surface area contributed by atoms with Crippen molar-refractivity contribution < 1.29 is 23.9 Å². The summed E-state index contributed by atoms with van der Waals surface area (Å²) in [5.74, 6) is -2.09. The third-order valence-corrected chi connectivity index (χ3v) is 5.15. The van der Waals surface area contributed by atoms with Gasteiger partial charge in [-0.05, 0) is 30.2 Å². The van der Waals surface area contributed by atoms with Gasteiger partial charge in [-0.3, -0.25) is 14.4 Å². The minimum absolute atomic E-state index is 0.00626. The number of aryl methyl sites for hydroxylation is 1. The lowest BCUT2D eigenvalue weighted by Gasteiger charge is -2.19. The molecule has 1 aliphatic rings. The van der Waals surface area contributed by atoms with E-state index in [1.807, 2.05) is 19.1 Å². The van der Waals surface area contributed by atoms with Crippen LogP contribution in [0, 0.1) is 0 Å².